The van der Waals surface area contributed by atoms with Gasteiger partial charge in [-0.15, -0.1) is 0 Å². The van der Waals surface area contributed by atoms with Crippen LogP contribution in [0.4, 0.5) is 10.5 Å². The van der Waals surface area contributed by atoms with Crippen LogP contribution in [-0.4, -0.2) is 11.2 Å². The number of carbonyl (C=O) groups excluding carboxylic acids is 1. The van der Waals surface area contributed by atoms with E-state index in [2.05, 4.69) is 0 Å². The fourth-order valence-electron chi connectivity index (χ4n) is 0.792. The van der Waals surface area contributed by atoms with E-state index in [1.807, 2.05) is 0 Å². The maximum atomic E-state index is 10.6. The summed E-state index contributed by atoms with van der Waals surface area (Å²) in [5.74, 6) is 0. The molecule has 1 aromatic rings. The quantitative estimate of drug-likeness (QED) is 0.460. The van der Waals surface area contributed by atoms with Gasteiger partial charge in [0.05, 0.1) is 20.8 Å². The van der Waals surface area contributed by atoms with Crippen LogP contribution in [0.3, 0.4) is 0 Å². The maximum absolute atomic E-state index is 10.6. The molecule has 0 heterocycles. The number of hydroxylamine groups is 1. The zero-order valence-electron chi connectivity index (χ0n) is 6.67. The lowest BCUT2D eigenvalue weighted by Gasteiger charge is -2.13. The molecular weight excluding hydrogens is 250 g/mol. The lowest BCUT2D eigenvalue weighted by atomic mass is 10.3. The lowest BCUT2D eigenvalue weighted by Crippen LogP contribution is -2.32. The van der Waals surface area contributed by atoms with Gasteiger partial charge in [0.15, 0.2) is 0 Å². The van der Waals surface area contributed by atoms with Gasteiger partial charge in [0.1, 0.15) is 0 Å². The van der Waals surface area contributed by atoms with E-state index in [9.17, 15) is 4.79 Å². The zero-order chi connectivity index (χ0) is 10.9. The van der Waals surface area contributed by atoms with E-state index in [0.29, 0.717) is 0 Å². The van der Waals surface area contributed by atoms with Crippen molar-refractivity contribution < 1.29 is 10.0 Å². The van der Waals surface area contributed by atoms with E-state index in [-0.39, 0.29) is 25.8 Å². The number of nitrogens with zero attached hydrogens (tertiary/aromatic N) is 1. The molecule has 4 nitrogen and oxygen atoms in total. The highest BCUT2D eigenvalue weighted by molar-refractivity contribution is 6.48. The highest BCUT2D eigenvalue weighted by Crippen LogP contribution is 2.34. The van der Waals surface area contributed by atoms with E-state index < -0.39 is 6.03 Å². The number of urea groups is 1. The number of hydrogen-bond acceptors (Lipinski definition) is 2. The van der Waals surface area contributed by atoms with Crippen molar-refractivity contribution in [2.75, 3.05) is 5.06 Å². The molecule has 0 aliphatic rings. The van der Waals surface area contributed by atoms with Crippen molar-refractivity contribution in [2.45, 2.75) is 0 Å². The van der Waals surface area contributed by atoms with Crippen LogP contribution in [0.2, 0.25) is 15.1 Å². The van der Waals surface area contributed by atoms with Crippen LogP contribution in [0.15, 0.2) is 12.1 Å². The minimum absolute atomic E-state index is 0.0527. The van der Waals surface area contributed by atoms with Gasteiger partial charge in [-0.1, -0.05) is 34.8 Å². The highest BCUT2D eigenvalue weighted by Gasteiger charge is 2.13. The molecule has 0 aromatic heterocycles. The van der Waals surface area contributed by atoms with Gasteiger partial charge < -0.3 is 5.73 Å². The molecule has 0 aliphatic carbocycles. The maximum Gasteiger partial charge on any atom is 0.343 e. The first-order valence-corrected chi connectivity index (χ1v) is 4.50. The summed E-state index contributed by atoms with van der Waals surface area (Å²) < 4.78 is 0. The number of halogens is 3. The van der Waals surface area contributed by atoms with Crippen molar-refractivity contribution in [1.82, 2.24) is 0 Å². The summed E-state index contributed by atoms with van der Waals surface area (Å²) in [6.07, 6.45) is 0. The summed E-state index contributed by atoms with van der Waals surface area (Å²) in [6.45, 7) is 0. The monoisotopic (exact) mass is 254 g/mol. The van der Waals surface area contributed by atoms with Gasteiger partial charge in [-0.3, -0.25) is 5.21 Å². The predicted octanol–water partition coefficient (Wildman–Crippen LogP) is 2.92. The minimum atomic E-state index is -1.04. The van der Waals surface area contributed by atoms with Crippen LogP contribution in [0, 0.1) is 0 Å². The third-order valence-corrected chi connectivity index (χ3v) is 2.62. The Kier molecular flexibility index (Phi) is 3.44. The van der Waals surface area contributed by atoms with E-state index in [4.69, 9.17) is 45.7 Å². The first-order valence-electron chi connectivity index (χ1n) is 3.36. The molecule has 0 atom stereocenters. The smallest absolute Gasteiger partial charge is 0.343 e. The Hall–Kier alpha value is -0.680. The topological polar surface area (TPSA) is 66.6 Å². The van der Waals surface area contributed by atoms with Gasteiger partial charge in [-0.05, 0) is 12.1 Å². The Balaban J connectivity index is 3.19. The normalized spacial score (nSPS) is 10.0. The molecule has 0 fully saturated rings. The van der Waals surface area contributed by atoms with Crippen molar-refractivity contribution in [2.24, 2.45) is 5.73 Å². The Morgan fingerprint density at radius 2 is 1.71 bits per heavy atom. The molecule has 7 heteroatoms. The fourth-order valence-corrected chi connectivity index (χ4v) is 1.38. The molecular formula is C7H5Cl3N2O2. The number of benzene rings is 1. The number of anilines is 1. The SMILES string of the molecule is NC(=O)N(O)c1cc(Cl)c(Cl)c(Cl)c1. The molecule has 14 heavy (non-hydrogen) atoms. The van der Waals surface area contributed by atoms with Gasteiger partial charge in [-0.2, -0.15) is 5.06 Å². The summed E-state index contributed by atoms with van der Waals surface area (Å²) in [5.41, 5.74) is 4.88. The largest absolute Gasteiger partial charge is 0.349 e. The van der Waals surface area contributed by atoms with Gasteiger partial charge >= 0.3 is 6.03 Å². The zero-order valence-corrected chi connectivity index (χ0v) is 8.94. The third kappa shape index (κ3) is 2.22. The molecule has 3 N–H and O–H groups in total. The Morgan fingerprint density at radius 3 is 2.07 bits per heavy atom. The first-order chi connectivity index (χ1) is 6.43. The highest BCUT2D eigenvalue weighted by atomic mass is 35.5. The Labute approximate surface area is 94.7 Å². The number of amides is 2. The molecule has 0 bridgehead atoms. The summed E-state index contributed by atoms with van der Waals surface area (Å²) in [7, 11) is 0. The number of primary amides is 1. The minimum Gasteiger partial charge on any atom is -0.349 e. The number of carbonyl (C=O) groups is 1. The first kappa shape index (κ1) is 11.4. The van der Waals surface area contributed by atoms with Gasteiger partial charge in [0.2, 0.25) is 0 Å². The van der Waals surface area contributed by atoms with E-state index in [1.54, 1.807) is 0 Å². The molecule has 0 aliphatic heterocycles. The average molecular weight is 255 g/mol. The van der Waals surface area contributed by atoms with E-state index in [0.717, 1.165) is 0 Å². The molecule has 0 spiro atoms. The second-order valence-corrected chi connectivity index (χ2v) is 3.57. The molecule has 76 valence electrons. The van der Waals surface area contributed by atoms with Gasteiger partial charge in [-0.25, -0.2) is 4.79 Å². The van der Waals surface area contributed by atoms with Crippen LogP contribution in [0.25, 0.3) is 0 Å². The molecule has 2 amide bonds. The second kappa shape index (κ2) is 4.23. The fraction of sp³-hybridized carbons (Fsp3) is 0. The lowest BCUT2D eigenvalue weighted by molar-refractivity contribution is 0.212. The second-order valence-electron chi connectivity index (χ2n) is 2.37. The van der Waals surface area contributed by atoms with Crippen LogP contribution >= 0.6 is 34.8 Å². The van der Waals surface area contributed by atoms with Gasteiger partial charge in [0, 0.05) is 0 Å². The van der Waals surface area contributed by atoms with E-state index >= 15 is 0 Å². The predicted molar refractivity (Wildman–Crippen MR) is 55.3 cm³/mol. The van der Waals surface area contributed by atoms with Crippen molar-refractivity contribution >= 4 is 46.5 Å². The van der Waals surface area contributed by atoms with Crippen LogP contribution in [-0.2, 0) is 0 Å². The average Bonchev–Trinajstić information content (AvgIpc) is 2.12. The van der Waals surface area contributed by atoms with Gasteiger partial charge in [0.25, 0.3) is 0 Å². The Morgan fingerprint density at radius 1 is 1.29 bits per heavy atom. The number of hydrogen-bond donors (Lipinski definition) is 2. The van der Waals surface area contributed by atoms with E-state index in [1.165, 1.54) is 12.1 Å². The van der Waals surface area contributed by atoms with Crippen LogP contribution in [0.1, 0.15) is 0 Å². The molecule has 0 saturated carbocycles. The molecule has 0 saturated heterocycles. The van der Waals surface area contributed by atoms with Crippen molar-refractivity contribution in [3.05, 3.63) is 27.2 Å². The molecule has 1 aromatic carbocycles. The van der Waals surface area contributed by atoms with Crippen molar-refractivity contribution in [3.63, 3.8) is 0 Å². The summed E-state index contributed by atoms with van der Waals surface area (Å²) in [6, 6.07) is 1.49. The number of rotatable bonds is 1. The summed E-state index contributed by atoms with van der Waals surface area (Å²) in [5, 5.41) is 9.74. The molecule has 0 radical (unpaired) electrons. The summed E-state index contributed by atoms with van der Waals surface area (Å²) >= 11 is 17.0. The van der Waals surface area contributed by atoms with Crippen molar-refractivity contribution in [3.8, 4) is 0 Å². The molecule has 1 rings (SSSR count). The standard InChI is InChI=1S/C7H5Cl3N2O2/c8-4-1-3(12(14)7(11)13)2-5(9)6(4)10/h1-2,14H,(H2,11,13). The van der Waals surface area contributed by atoms with Crippen LogP contribution < -0.4 is 10.8 Å². The van der Waals surface area contributed by atoms with Crippen molar-refractivity contribution in [1.29, 1.82) is 0 Å². The molecule has 0 unspecified atom stereocenters. The third-order valence-electron chi connectivity index (χ3n) is 1.42. The van der Waals surface area contributed by atoms with Crippen LogP contribution in [0.5, 0.6) is 0 Å². The Bertz CT molecular complexity index is 360. The number of nitrogens with two attached hydrogens (primary N) is 1. The summed E-state index contributed by atoms with van der Waals surface area (Å²) in [4.78, 5) is 10.6.